The fourth-order valence-corrected chi connectivity index (χ4v) is 3.47. The van der Waals surface area contributed by atoms with Crippen LogP contribution in [0.4, 0.5) is 0 Å². The van der Waals surface area contributed by atoms with E-state index in [-0.39, 0.29) is 0 Å². The Morgan fingerprint density at radius 2 is 1.90 bits per heavy atom. The van der Waals surface area contributed by atoms with Crippen LogP contribution in [0.5, 0.6) is 0 Å². The topological polar surface area (TPSA) is 48.4 Å². The van der Waals surface area contributed by atoms with Gasteiger partial charge in [-0.2, -0.15) is 4.89 Å². The molecule has 0 amide bonds. The van der Waals surface area contributed by atoms with Gasteiger partial charge in [-0.05, 0) is 6.07 Å². The van der Waals surface area contributed by atoms with E-state index < -0.39 is 5.97 Å². The molecule has 0 fully saturated rings. The molecule has 0 atom stereocenters. The molecule has 106 valence electrons. The van der Waals surface area contributed by atoms with Crippen molar-refractivity contribution in [3.05, 3.63) is 52.0 Å². The van der Waals surface area contributed by atoms with Gasteiger partial charge in [-0.15, -0.1) is 22.7 Å². The molecule has 4 nitrogen and oxygen atoms in total. The number of hydrogen-bond acceptors (Lipinski definition) is 6. The van der Waals surface area contributed by atoms with Gasteiger partial charge < -0.3 is 0 Å². The number of carbonyl (C=O) groups is 1. The first-order chi connectivity index (χ1) is 10.3. The summed E-state index contributed by atoms with van der Waals surface area (Å²) >= 11 is 2.86. The van der Waals surface area contributed by atoms with Gasteiger partial charge in [0.15, 0.2) is 0 Å². The van der Waals surface area contributed by atoms with Crippen LogP contribution in [-0.4, -0.2) is 18.1 Å². The van der Waals surface area contributed by atoms with E-state index in [1.54, 1.807) is 17.4 Å². The second-order valence-corrected chi connectivity index (χ2v) is 5.91. The SMILES string of the molecule is COOC(=O)c1cc(-c2nc(-c3ccccc3)cs2)cs1. The van der Waals surface area contributed by atoms with Gasteiger partial charge in [-0.25, -0.2) is 9.78 Å². The van der Waals surface area contributed by atoms with E-state index in [4.69, 9.17) is 0 Å². The summed E-state index contributed by atoms with van der Waals surface area (Å²) in [5, 5.41) is 4.77. The molecule has 0 aliphatic carbocycles. The Morgan fingerprint density at radius 1 is 1.10 bits per heavy atom. The van der Waals surface area contributed by atoms with Gasteiger partial charge in [0.1, 0.15) is 9.88 Å². The van der Waals surface area contributed by atoms with Gasteiger partial charge in [-0.1, -0.05) is 30.3 Å². The van der Waals surface area contributed by atoms with E-state index in [2.05, 4.69) is 14.8 Å². The molecule has 3 aromatic rings. The minimum absolute atomic E-state index is 0.489. The first-order valence-corrected chi connectivity index (χ1v) is 7.88. The third-order valence-electron chi connectivity index (χ3n) is 2.78. The van der Waals surface area contributed by atoms with Gasteiger partial charge in [-0.3, -0.25) is 4.89 Å². The van der Waals surface area contributed by atoms with Crippen LogP contribution in [0.2, 0.25) is 0 Å². The summed E-state index contributed by atoms with van der Waals surface area (Å²) in [6.07, 6.45) is 0. The van der Waals surface area contributed by atoms with Gasteiger partial charge in [0.05, 0.1) is 12.8 Å². The van der Waals surface area contributed by atoms with Crippen molar-refractivity contribution in [1.29, 1.82) is 0 Å². The molecule has 0 radical (unpaired) electrons. The average molecular weight is 317 g/mol. The van der Waals surface area contributed by atoms with Crippen molar-refractivity contribution < 1.29 is 14.6 Å². The van der Waals surface area contributed by atoms with Crippen LogP contribution in [0.15, 0.2) is 47.2 Å². The summed E-state index contributed by atoms with van der Waals surface area (Å²) in [4.78, 5) is 25.5. The van der Waals surface area contributed by atoms with Crippen molar-refractivity contribution in [2.45, 2.75) is 0 Å². The molecule has 0 aliphatic rings. The van der Waals surface area contributed by atoms with E-state index in [0.29, 0.717) is 4.88 Å². The van der Waals surface area contributed by atoms with Crippen molar-refractivity contribution in [2.24, 2.45) is 0 Å². The lowest BCUT2D eigenvalue weighted by atomic mass is 10.2. The number of carbonyl (C=O) groups excluding carboxylic acids is 1. The fourth-order valence-electron chi connectivity index (χ4n) is 1.82. The lowest BCUT2D eigenvalue weighted by Crippen LogP contribution is -2.00. The lowest BCUT2D eigenvalue weighted by Gasteiger charge is -1.95. The fraction of sp³-hybridized carbons (Fsp3) is 0.0667. The maximum Gasteiger partial charge on any atom is 0.382 e. The molecular weight excluding hydrogens is 306 g/mol. The Labute approximate surface area is 129 Å². The van der Waals surface area contributed by atoms with Crippen LogP contribution in [0, 0.1) is 0 Å². The summed E-state index contributed by atoms with van der Waals surface area (Å²) in [5.74, 6) is -0.492. The average Bonchev–Trinajstić information content (AvgIpc) is 3.17. The van der Waals surface area contributed by atoms with Crippen LogP contribution >= 0.6 is 22.7 Å². The van der Waals surface area contributed by atoms with E-state index in [0.717, 1.165) is 21.8 Å². The zero-order chi connectivity index (χ0) is 14.7. The van der Waals surface area contributed by atoms with Gasteiger partial charge in [0.25, 0.3) is 0 Å². The molecule has 0 saturated carbocycles. The van der Waals surface area contributed by atoms with Crippen molar-refractivity contribution in [2.75, 3.05) is 7.11 Å². The summed E-state index contributed by atoms with van der Waals surface area (Å²) in [7, 11) is 1.30. The number of thiophene rings is 1. The van der Waals surface area contributed by atoms with E-state index in [9.17, 15) is 4.79 Å². The number of benzene rings is 1. The second kappa shape index (κ2) is 6.17. The minimum Gasteiger partial charge on any atom is -0.292 e. The Balaban J connectivity index is 1.85. The molecule has 1 aromatic carbocycles. The molecule has 2 aromatic heterocycles. The Kier molecular flexibility index (Phi) is 4.10. The highest BCUT2D eigenvalue weighted by molar-refractivity contribution is 7.15. The van der Waals surface area contributed by atoms with Crippen LogP contribution in [-0.2, 0) is 9.78 Å². The van der Waals surface area contributed by atoms with Crippen molar-refractivity contribution >= 4 is 28.6 Å². The molecule has 0 spiro atoms. The molecule has 0 unspecified atom stereocenters. The smallest absolute Gasteiger partial charge is 0.292 e. The third-order valence-corrected chi connectivity index (χ3v) is 4.58. The molecule has 21 heavy (non-hydrogen) atoms. The van der Waals surface area contributed by atoms with Crippen molar-refractivity contribution in [1.82, 2.24) is 4.98 Å². The number of thiazole rings is 1. The van der Waals surface area contributed by atoms with Gasteiger partial charge in [0, 0.05) is 21.9 Å². The molecule has 0 aliphatic heterocycles. The molecule has 0 N–H and O–H groups in total. The van der Waals surface area contributed by atoms with Crippen molar-refractivity contribution in [3.8, 4) is 21.8 Å². The second-order valence-electron chi connectivity index (χ2n) is 4.14. The van der Waals surface area contributed by atoms with E-state index in [1.165, 1.54) is 18.4 Å². The number of hydrogen-bond donors (Lipinski definition) is 0. The lowest BCUT2D eigenvalue weighted by molar-refractivity contribution is -0.215. The highest BCUT2D eigenvalue weighted by Crippen LogP contribution is 2.31. The third kappa shape index (κ3) is 3.02. The summed E-state index contributed by atoms with van der Waals surface area (Å²) in [6.45, 7) is 0. The Bertz CT molecular complexity index is 749. The first kappa shape index (κ1) is 13.9. The Morgan fingerprint density at radius 3 is 2.67 bits per heavy atom. The Hall–Kier alpha value is -2.02. The molecule has 2 heterocycles. The summed E-state index contributed by atoms with van der Waals surface area (Å²) < 4.78 is 0. The first-order valence-electron chi connectivity index (χ1n) is 6.13. The largest absolute Gasteiger partial charge is 0.382 e. The number of rotatable bonds is 4. The van der Waals surface area contributed by atoms with Crippen LogP contribution in [0.3, 0.4) is 0 Å². The molecule has 0 bridgehead atoms. The van der Waals surface area contributed by atoms with Crippen molar-refractivity contribution in [3.63, 3.8) is 0 Å². The standard InChI is InChI=1S/C15H11NO3S2/c1-18-19-15(17)13-7-11(8-20-13)14-16-12(9-21-14)10-5-3-2-4-6-10/h2-9H,1H3. The number of nitrogens with zero attached hydrogens (tertiary/aromatic N) is 1. The summed E-state index contributed by atoms with van der Waals surface area (Å²) in [6, 6.07) is 11.8. The number of aromatic nitrogens is 1. The van der Waals surface area contributed by atoms with E-state index in [1.807, 2.05) is 41.1 Å². The zero-order valence-corrected chi connectivity index (χ0v) is 12.7. The monoisotopic (exact) mass is 317 g/mol. The van der Waals surface area contributed by atoms with E-state index >= 15 is 0 Å². The van der Waals surface area contributed by atoms with Crippen LogP contribution < -0.4 is 0 Å². The predicted molar refractivity (Wildman–Crippen MR) is 83.3 cm³/mol. The normalized spacial score (nSPS) is 10.5. The quantitative estimate of drug-likeness (QED) is 0.533. The predicted octanol–water partition coefficient (Wildman–Crippen LogP) is 4.26. The maximum absolute atomic E-state index is 11.6. The molecule has 3 rings (SSSR count). The minimum atomic E-state index is -0.492. The van der Waals surface area contributed by atoms with Gasteiger partial charge >= 0.3 is 5.97 Å². The highest BCUT2D eigenvalue weighted by atomic mass is 32.1. The van der Waals surface area contributed by atoms with Crippen LogP contribution in [0.25, 0.3) is 21.8 Å². The zero-order valence-electron chi connectivity index (χ0n) is 11.1. The highest BCUT2D eigenvalue weighted by Gasteiger charge is 2.14. The molecular formula is C15H11NO3S2. The molecule has 6 heteroatoms. The molecule has 0 saturated heterocycles. The summed E-state index contributed by atoms with van der Waals surface area (Å²) in [5.41, 5.74) is 2.92. The van der Waals surface area contributed by atoms with Gasteiger partial charge in [0.2, 0.25) is 0 Å². The maximum atomic E-state index is 11.6. The van der Waals surface area contributed by atoms with Crippen LogP contribution in [0.1, 0.15) is 9.67 Å².